The molecule has 5 rings (SSSR count). The van der Waals surface area contributed by atoms with E-state index in [9.17, 15) is 4.79 Å². The zero-order valence-corrected chi connectivity index (χ0v) is 17.6. The quantitative estimate of drug-likeness (QED) is 0.416. The molecule has 0 saturated heterocycles. The van der Waals surface area contributed by atoms with Gasteiger partial charge < -0.3 is 9.15 Å². The smallest absolute Gasteiger partial charge is 0.294 e. The van der Waals surface area contributed by atoms with Crippen molar-refractivity contribution >= 4 is 21.6 Å². The zero-order valence-electron chi connectivity index (χ0n) is 16.8. The number of aromatic nitrogens is 5. The average molecular weight is 431 g/mol. The van der Waals surface area contributed by atoms with E-state index in [1.165, 1.54) is 16.0 Å². The summed E-state index contributed by atoms with van der Waals surface area (Å²) in [6.45, 7) is 1.91. The van der Waals surface area contributed by atoms with Crippen LogP contribution in [-0.4, -0.2) is 32.1 Å². The Kier molecular flexibility index (Phi) is 4.79. The lowest BCUT2D eigenvalue weighted by atomic mass is 10.1. The first-order valence-corrected chi connectivity index (χ1v) is 10.3. The van der Waals surface area contributed by atoms with Crippen LogP contribution in [0.2, 0.25) is 0 Å². The van der Waals surface area contributed by atoms with Gasteiger partial charge in [0.05, 0.1) is 22.4 Å². The fourth-order valence-electron chi connectivity index (χ4n) is 3.33. The maximum Gasteiger partial charge on any atom is 0.294 e. The van der Waals surface area contributed by atoms with Crippen LogP contribution in [0.15, 0.2) is 63.8 Å². The Balaban J connectivity index is 1.58. The first-order chi connectivity index (χ1) is 15.1. The van der Waals surface area contributed by atoms with E-state index in [0.717, 1.165) is 15.3 Å². The Hall–Kier alpha value is -3.85. The number of aryl methyl sites for hydroxylation is 1. The number of methoxy groups -OCH3 is 1. The summed E-state index contributed by atoms with van der Waals surface area (Å²) in [5, 5.41) is 13.6. The van der Waals surface area contributed by atoms with Gasteiger partial charge in [-0.1, -0.05) is 42.5 Å². The number of nitrogens with zero attached hydrogens (tertiary/aromatic N) is 5. The lowest BCUT2D eigenvalue weighted by Gasteiger charge is -2.07. The van der Waals surface area contributed by atoms with Crippen LogP contribution in [0.5, 0.6) is 5.75 Å². The predicted molar refractivity (Wildman–Crippen MR) is 117 cm³/mol. The van der Waals surface area contributed by atoms with Gasteiger partial charge in [-0.05, 0) is 19.1 Å². The molecule has 0 aliphatic carbocycles. The van der Waals surface area contributed by atoms with Crippen molar-refractivity contribution in [2.24, 2.45) is 0 Å². The molecule has 2 aromatic carbocycles. The third-order valence-electron chi connectivity index (χ3n) is 4.74. The van der Waals surface area contributed by atoms with Gasteiger partial charge in [-0.2, -0.15) is 5.10 Å². The highest BCUT2D eigenvalue weighted by atomic mass is 32.1. The standard InChI is InChI=1S/C22H17N5O3S/c1-13-23-19-20(31-13)18(14-8-4-3-5-9-14)26-27(22(19)28)12-17-24-25-21(30-17)15-10-6-7-11-16(15)29-2/h3-11H,12H2,1-2H3. The number of hydrogen-bond donors (Lipinski definition) is 0. The number of thiazole rings is 1. The van der Waals surface area contributed by atoms with Crippen molar-refractivity contribution in [3.8, 4) is 28.5 Å². The Bertz CT molecular complexity index is 1440. The Morgan fingerprint density at radius 2 is 1.84 bits per heavy atom. The molecule has 0 aliphatic heterocycles. The van der Waals surface area contributed by atoms with Crippen LogP contribution in [0.3, 0.4) is 0 Å². The molecule has 0 saturated carbocycles. The highest BCUT2D eigenvalue weighted by Gasteiger charge is 2.19. The number of rotatable bonds is 5. The second-order valence-electron chi connectivity index (χ2n) is 6.79. The molecular formula is C22H17N5O3S. The van der Waals surface area contributed by atoms with Crippen LogP contribution in [0, 0.1) is 6.92 Å². The fraction of sp³-hybridized carbons (Fsp3) is 0.136. The molecule has 31 heavy (non-hydrogen) atoms. The largest absolute Gasteiger partial charge is 0.496 e. The summed E-state index contributed by atoms with van der Waals surface area (Å²) >= 11 is 1.46. The van der Waals surface area contributed by atoms with Gasteiger partial charge in [-0.15, -0.1) is 21.5 Å². The van der Waals surface area contributed by atoms with E-state index >= 15 is 0 Å². The lowest BCUT2D eigenvalue weighted by Crippen LogP contribution is -2.24. The summed E-state index contributed by atoms with van der Waals surface area (Å²) in [5.74, 6) is 1.20. The zero-order chi connectivity index (χ0) is 21.4. The molecule has 0 radical (unpaired) electrons. The van der Waals surface area contributed by atoms with Crippen molar-refractivity contribution in [1.82, 2.24) is 25.0 Å². The summed E-state index contributed by atoms with van der Waals surface area (Å²) in [4.78, 5) is 17.5. The molecule has 8 nitrogen and oxygen atoms in total. The molecule has 0 bridgehead atoms. The van der Waals surface area contributed by atoms with E-state index in [1.807, 2.05) is 61.5 Å². The van der Waals surface area contributed by atoms with Crippen molar-refractivity contribution in [3.63, 3.8) is 0 Å². The van der Waals surface area contributed by atoms with Gasteiger partial charge in [0.2, 0.25) is 5.89 Å². The highest BCUT2D eigenvalue weighted by Crippen LogP contribution is 2.30. The Morgan fingerprint density at radius 1 is 1.06 bits per heavy atom. The maximum absolute atomic E-state index is 13.0. The van der Waals surface area contributed by atoms with Crippen molar-refractivity contribution in [3.05, 3.63) is 75.8 Å². The van der Waals surface area contributed by atoms with E-state index < -0.39 is 0 Å². The second-order valence-corrected chi connectivity index (χ2v) is 7.99. The lowest BCUT2D eigenvalue weighted by molar-refractivity contribution is 0.412. The average Bonchev–Trinajstić information content (AvgIpc) is 3.43. The van der Waals surface area contributed by atoms with E-state index in [1.54, 1.807) is 7.11 Å². The molecule has 3 aromatic heterocycles. The maximum atomic E-state index is 13.0. The van der Waals surface area contributed by atoms with E-state index in [2.05, 4.69) is 20.3 Å². The van der Waals surface area contributed by atoms with Crippen molar-refractivity contribution in [1.29, 1.82) is 0 Å². The minimum atomic E-state index is -0.295. The molecule has 0 amide bonds. The Labute approximate surface area is 180 Å². The highest BCUT2D eigenvalue weighted by molar-refractivity contribution is 7.19. The van der Waals surface area contributed by atoms with Crippen molar-refractivity contribution in [2.45, 2.75) is 13.5 Å². The van der Waals surface area contributed by atoms with Crippen LogP contribution in [0.1, 0.15) is 10.9 Å². The molecule has 0 atom stereocenters. The van der Waals surface area contributed by atoms with Crippen LogP contribution in [0.25, 0.3) is 32.9 Å². The predicted octanol–water partition coefficient (Wildman–Crippen LogP) is 3.94. The molecular weight excluding hydrogens is 414 g/mol. The fourth-order valence-corrected chi connectivity index (χ4v) is 4.25. The molecule has 154 valence electrons. The van der Waals surface area contributed by atoms with Gasteiger partial charge in [0, 0.05) is 5.56 Å². The number of fused-ring (bicyclic) bond motifs is 1. The summed E-state index contributed by atoms with van der Waals surface area (Å²) in [6.07, 6.45) is 0. The summed E-state index contributed by atoms with van der Waals surface area (Å²) < 4.78 is 13.3. The molecule has 0 N–H and O–H groups in total. The second kappa shape index (κ2) is 7.77. The van der Waals surface area contributed by atoms with Crippen molar-refractivity contribution < 1.29 is 9.15 Å². The van der Waals surface area contributed by atoms with Crippen LogP contribution >= 0.6 is 11.3 Å². The number of benzene rings is 2. The summed E-state index contributed by atoms with van der Waals surface area (Å²) in [7, 11) is 1.58. The SMILES string of the molecule is COc1ccccc1-c1nnc(Cn2nc(-c3ccccc3)c3sc(C)nc3c2=O)o1. The molecule has 0 aliphatic rings. The summed E-state index contributed by atoms with van der Waals surface area (Å²) in [6, 6.07) is 17.1. The first-order valence-electron chi connectivity index (χ1n) is 9.53. The van der Waals surface area contributed by atoms with E-state index in [0.29, 0.717) is 28.4 Å². The topological polar surface area (TPSA) is 95.9 Å². The van der Waals surface area contributed by atoms with Gasteiger partial charge in [0.25, 0.3) is 11.4 Å². The number of hydrogen-bond acceptors (Lipinski definition) is 8. The molecule has 9 heteroatoms. The van der Waals surface area contributed by atoms with Crippen LogP contribution in [-0.2, 0) is 6.54 Å². The van der Waals surface area contributed by atoms with Crippen LogP contribution < -0.4 is 10.3 Å². The molecule has 0 fully saturated rings. The van der Waals surface area contributed by atoms with Gasteiger partial charge in [0.15, 0.2) is 5.52 Å². The third-order valence-corrected chi connectivity index (χ3v) is 5.72. The molecule has 3 heterocycles. The minimum Gasteiger partial charge on any atom is -0.496 e. The van der Waals surface area contributed by atoms with Gasteiger partial charge in [0.1, 0.15) is 18.0 Å². The first kappa shape index (κ1) is 19.1. The minimum absolute atomic E-state index is 0.0350. The normalized spacial score (nSPS) is 11.2. The van der Waals surface area contributed by atoms with E-state index in [-0.39, 0.29) is 18.0 Å². The number of ether oxygens (including phenoxy) is 1. The van der Waals surface area contributed by atoms with Crippen molar-refractivity contribution in [2.75, 3.05) is 7.11 Å². The van der Waals surface area contributed by atoms with Gasteiger partial charge in [-0.25, -0.2) is 9.67 Å². The molecule has 0 spiro atoms. The van der Waals surface area contributed by atoms with E-state index in [4.69, 9.17) is 9.15 Å². The molecule has 0 unspecified atom stereocenters. The number of para-hydroxylation sites is 1. The van der Waals surface area contributed by atoms with Crippen LogP contribution in [0.4, 0.5) is 0 Å². The Morgan fingerprint density at radius 3 is 2.65 bits per heavy atom. The van der Waals surface area contributed by atoms with Gasteiger partial charge >= 0.3 is 0 Å². The van der Waals surface area contributed by atoms with Gasteiger partial charge in [-0.3, -0.25) is 4.79 Å². The third kappa shape index (κ3) is 3.49. The summed E-state index contributed by atoms with van der Waals surface area (Å²) in [5.41, 5.74) is 2.38. The molecule has 5 aromatic rings. The monoisotopic (exact) mass is 431 g/mol.